The van der Waals surface area contributed by atoms with Crippen LogP contribution in [-0.4, -0.2) is 47.3 Å². The number of imide groups is 1. The van der Waals surface area contributed by atoms with E-state index in [0.29, 0.717) is 18.9 Å². The maximum atomic E-state index is 12.3. The van der Waals surface area contributed by atoms with Crippen LogP contribution in [0.4, 0.5) is 0 Å². The fourth-order valence-electron chi connectivity index (χ4n) is 3.55. The molecule has 1 atom stereocenters. The summed E-state index contributed by atoms with van der Waals surface area (Å²) in [5, 5.41) is 0. The molecular weight excluding hydrogens is 264 g/mol. The van der Waals surface area contributed by atoms with E-state index >= 15 is 0 Å². The van der Waals surface area contributed by atoms with Gasteiger partial charge in [0.25, 0.3) is 0 Å². The minimum Gasteiger partial charge on any atom is -0.291 e. The zero-order chi connectivity index (χ0) is 14.8. The Morgan fingerprint density at radius 3 is 2.33 bits per heavy atom. The first-order chi connectivity index (χ1) is 10.2. The van der Waals surface area contributed by atoms with Gasteiger partial charge in [0.2, 0.25) is 11.8 Å². The SMILES string of the molecule is CCN1C(=O)CC(N2CCC(c3ccccc3)CC2)C1=O. The van der Waals surface area contributed by atoms with Crippen LogP contribution in [0.5, 0.6) is 0 Å². The summed E-state index contributed by atoms with van der Waals surface area (Å²) in [5.41, 5.74) is 1.39. The number of carbonyl (C=O) groups excluding carboxylic acids is 2. The summed E-state index contributed by atoms with van der Waals surface area (Å²) < 4.78 is 0. The summed E-state index contributed by atoms with van der Waals surface area (Å²) in [4.78, 5) is 27.7. The first kappa shape index (κ1) is 14.3. The van der Waals surface area contributed by atoms with Crippen molar-refractivity contribution in [1.82, 2.24) is 9.80 Å². The molecule has 3 rings (SSSR count). The molecule has 2 heterocycles. The van der Waals surface area contributed by atoms with Crippen molar-refractivity contribution in [2.24, 2.45) is 0 Å². The number of rotatable bonds is 3. The fourth-order valence-corrected chi connectivity index (χ4v) is 3.55. The van der Waals surface area contributed by atoms with E-state index in [0.717, 1.165) is 25.9 Å². The third-order valence-electron chi connectivity index (χ3n) is 4.78. The van der Waals surface area contributed by atoms with Crippen molar-refractivity contribution in [2.75, 3.05) is 19.6 Å². The van der Waals surface area contributed by atoms with Crippen LogP contribution < -0.4 is 0 Å². The molecule has 0 N–H and O–H groups in total. The topological polar surface area (TPSA) is 40.6 Å². The Hall–Kier alpha value is -1.68. The van der Waals surface area contributed by atoms with Crippen LogP contribution in [0.15, 0.2) is 30.3 Å². The highest BCUT2D eigenvalue weighted by atomic mass is 16.2. The van der Waals surface area contributed by atoms with Crippen LogP contribution >= 0.6 is 0 Å². The number of likely N-dealkylation sites (tertiary alicyclic amines) is 2. The summed E-state index contributed by atoms with van der Waals surface area (Å²) in [7, 11) is 0. The van der Waals surface area contributed by atoms with Crippen molar-refractivity contribution in [1.29, 1.82) is 0 Å². The van der Waals surface area contributed by atoms with Crippen molar-refractivity contribution in [3.8, 4) is 0 Å². The highest BCUT2D eigenvalue weighted by Gasteiger charge is 2.41. The van der Waals surface area contributed by atoms with Crippen molar-refractivity contribution in [3.05, 3.63) is 35.9 Å². The number of piperidine rings is 1. The highest BCUT2D eigenvalue weighted by Crippen LogP contribution is 2.30. The predicted octanol–water partition coefficient (Wildman–Crippen LogP) is 2.01. The number of likely N-dealkylation sites (N-methyl/N-ethyl adjacent to an activating group) is 1. The zero-order valence-electron chi connectivity index (χ0n) is 12.5. The third kappa shape index (κ3) is 2.72. The highest BCUT2D eigenvalue weighted by molar-refractivity contribution is 6.05. The van der Waals surface area contributed by atoms with Crippen LogP contribution in [-0.2, 0) is 9.59 Å². The largest absolute Gasteiger partial charge is 0.291 e. The van der Waals surface area contributed by atoms with E-state index in [1.807, 2.05) is 13.0 Å². The summed E-state index contributed by atoms with van der Waals surface area (Å²) in [5.74, 6) is 0.565. The van der Waals surface area contributed by atoms with Crippen LogP contribution in [0, 0.1) is 0 Å². The maximum Gasteiger partial charge on any atom is 0.247 e. The number of amides is 2. The third-order valence-corrected chi connectivity index (χ3v) is 4.78. The number of hydrogen-bond acceptors (Lipinski definition) is 3. The Morgan fingerprint density at radius 1 is 1.10 bits per heavy atom. The Morgan fingerprint density at radius 2 is 1.76 bits per heavy atom. The lowest BCUT2D eigenvalue weighted by molar-refractivity contribution is -0.139. The molecule has 0 spiro atoms. The summed E-state index contributed by atoms with van der Waals surface area (Å²) in [6.07, 6.45) is 2.49. The quantitative estimate of drug-likeness (QED) is 0.798. The van der Waals surface area contributed by atoms with Crippen LogP contribution in [0.2, 0.25) is 0 Å². The molecule has 4 nitrogen and oxygen atoms in total. The van der Waals surface area contributed by atoms with Gasteiger partial charge in [-0.1, -0.05) is 30.3 Å². The molecule has 2 saturated heterocycles. The number of hydrogen-bond donors (Lipinski definition) is 0. The minimum atomic E-state index is -0.214. The van der Waals surface area contributed by atoms with Crippen molar-refractivity contribution in [2.45, 2.75) is 38.1 Å². The van der Waals surface area contributed by atoms with E-state index in [2.05, 4.69) is 29.2 Å². The fraction of sp³-hybridized carbons (Fsp3) is 0.529. The van der Waals surface area contributed by atoms with Crippen LogP contribution in [0.25, 0.3) is 0 Å². The second-order valence-corrected chi connectivity index (χ2v) is 5.92. The molecule has 2 aliphatic heterocycles. The van der Waals surface area contributed by atoms with E-state index in [1.165, 1.54) is 10.5 Å². The van der Waals surface area contributed by atoms with Gasteiger partial charge in [-0.25, -0.2) is 0 Å². The van der Waals surface area contributed by atoms with E-state index in [-0.39, 0.29) is 17.9 Å². The van der Waals surface area contributed by atoms with Gasteiger partial charge in [-0.05, 0) is 44.3 Å². The van der Waals surface area contributed by atoms with Gasteiger partial charge < -0.3 is 0 Å². The summed E-state index contributed by atoms with van der Waals surface area (Å²) in [6.45, 7) is 4.16. The summed E-state index contributed by atoms with van der Waals surface area (Å²) >= 11 is 0. The van der Waals surface area contributed by atoms with Gasteiger partial charge in [-0.2, -0.15) is 0 Å². The van der Waals surface area contributed by atoms with Crippen molar-refractivity contribution >= 4 is 11.8 Å². The molecule has 1 unspecified atom stereocenters. The van der Waals surface area contributed by atoms with Gasteiger partial charge >= 0.3 is 0 Å². The van der Waals surface area contributed by atoms with Crippen molar-refractivity contribution < 1.29 is 9.59 Å². The molecule has 4 heteroatoms. The molecule has 0 bridgehead atoms. The molecule has 1 aromatic rings. The molecule has 2 aliphatic rings. The van der Waals surface area contributed by atoms with Gasteiger partial charge in [0.15, 0.2) is 0 Å². The lowest BCUT2D eigenvalue weighted by atomic mass is 9.89. The molecule has 112 valence electrons. The number of benzene rings is 1. The normalized spacial score (nSPS) is 24.8. The number of carbonyl (C=O) groups is 2. The average molecular weight is 286 g/mol. The van der Waals surface area contributed by atoms with E-state index < -0.39 is 0 Å². The average Bonchev–Trinajstić information content (AvgIpc) is 2.82. The van der Waals surface area contributed by atoms with Gasteiger partial charge in [0.05, 0.1) is 12.5 Å². The van der Waals surface area contributed by atoms with Gasteiger partial charge in [0.1, 0.15) is 0 Å². The second-order valence-electron chi connectivity index (χ2n) is 5.92. The standard InChI is InChI=1S/C17H22N2O2/c1-2-19-16(20)12-15(17(19)21)18-10-8-14(9-11-18)13-6-4-3-5-7-13/h3-7,14-15H,2,8-12H2,1H3. The minimum absolute atomic E-state index is 0.000612. The Bertz CT molecular complexity index is 521. The molecule has 21 heavy (non-hydrogen) atoms. The lowest BCUT2D eigenvalue weighted by Crippen LogP contribution is -2.45. The molecule has 1 aromatic carbocycles. The molecular formula is C17H22N2O2. The maximum absolute atomic E-state index is 12.3. The Labute approximate surface area is 125 Å². The van der Waals surface area contributed by atoms with Crippen LogP contribution in [0.3, 0.4) is 0 Å². The Balaban J connectivity index is 1.62. The smallest absolute Gasteiger partial charge is 0.247 e. The molecule has 0 aliphatic carbocycles. The summed E-state index contributed by atoms with van der Waals surface area (Å²) in [6, 6.07) is 10.4. The molecule has 0 radical (unpaired) electrons. The van der Waals surface area contributed by atoms with E-state index in [1.54, 1.807) is 0 Å². The Kier molecular flexibility index (Phi) is 4.06. The number of nitrogens with zero attached hydrogens (tertiary/aromatic N) is 2. The predicted molar refractivity (Wildman–Crippen MR) is 80.8 cm³/mol. The van der Waals surface area contributed by atoms with E-state index in [4.69, 9.17) is 0 Å². The lowest BCUT2D eigenvalue weighted by Gasteiger charge is -2.35. The van der Waals surface area contributed by atoms with Gasteiger partial charge in [-0.3, -0.25) is 19.4 Å². The van der Waals surface area contributed by atoms with Gasteiger partial charge in [0, 0.05) is 6.54 Å². The molecule has 0 aromatic heterocycles. The van der Waals surface area contributed by atoms with Gasteiger partial charge in [-0.15, -0.1) is 0 Å². The van der Waals surface area contributed by atoms with Crippen molar-refractivity contribution in [3.63, 3.8) is 0 Å². The van der Waals surface area contributed by atoms with Crippen LogP contribution in [0.1, 0.15) is 37.7 Å². The monoisotopic (exact) mass is 286 g/mol. The zero-order valence-corrected chi connectivity index (χ0v) is 12.5. The molecule has 2 fully saturated rings. The first-order valence-corrected chi connectivity index (χ1v) is 7.84. The van der Waals surface area contributed by atoms with E-state index in [9.17, 15) is 9.59 Å². The molecule has 2 amide bonds. The first-order valence-electron chi connectivity index (χ1n) is 7.84. The molecule has 0 saturated carbocycles. The second kappa shape index (κ2) is 5.98.